The van der Waals surface area contributed by atoms with E-state index >= 15 is 0 Å². The van der Waals surface area contributed by atoms with Crippen LogP contribution in [-0.2, 0) is 0 Å². The number of aromatic nitrogens is 3. The molecule has 62 valence electrons. The van der Waals surface area contributed by atoms with Gasteiger partial charge in [0.1, 0.15) is 0 Å². The molecule has 1 aromatic rings. The Morgan fingerprint density at radius 2 is 1.42 bits per heavy atom. The molecule has 1 N–H and O–H groups in total. The first-order valence-corrected chi connectivity index (χ1v) is 3.02. The Kier molecular flexibility index (Phi) is 5.00. The van der Waals surface area contributed by atoms with Gasteiger partial charge in [0, 0.05) is 23.6 Å². The minimum Gasteiger partial charge on any atom is -1.00 e. The fourth-order valence-corrected chi connectivity index (χ4v) is 0.715. The van der Waals surface area contributed by atoms with E-state index in [4.69, 9.17) is 23.6 Å². The van der Waals surface area contributed by atoms with Gasteiger partial charge >= 0.3 is 68.5 Å². The number of H-pyrrole nitrogens is 1. The second-order valence-electron chi connectivity index (χ2n) is 1.58. The van der Waals surface area contributed by atoms with Crippen LogP contribution in [0.25, 0.3) is 0 Å². The van der Waals surface area contributed by atoms with Crippen molar-refractivity contribution in [3.63, 3.8) is 0 Å². The molecule has 9 heteroatoms. The summed E-state index contributed by atoms with van der Waals surface area (Å²) in [5.41, 5.74) is -3.13. The normalized spacial score (nSPS) is 9.17. The molecule has 12 heavy (non-hydrogen) atoms. The van der Waals surface area contributed by atoms with Crippen molar-refractivity contribution >= 4 is 23.6 Å². The summed E-state index contributed by atoms with van der Waals surface area (Å²) in [5, 5.41) is 0. The Morgan fingerprint density at radius 3 is 1.75 bits per heavy atom. The van der Waals surface area contributed by atoms with Crippen LogP contribution in [0.15, 0.2) is 14.4 Å². The first-order chi connectivity index (χ1) is 5.04. The average molecular weight is 238 g/mol. The third-order valence-corrected chi connectivity index (χ3v) is 1.50. The maximum atomic E-state index is 10.7. The number of aromatic amines is 1. The van der Waals surface area contributed by atoms with E-state index in [0.29, 0.717) is 0 Å². The minimum absolute atomic E-state index is 0. The van der Waals surface area contributed by atoms with Gasteiger partial charge in [-0.2, -0.15) is 0 Å². The maximum absolute atomic E-state index is 10.7. The molecule has 0 saturated heterocycles. The topological polar surface area (TPSA) is 76.9 Å². The van der Waals surface area contributed by atoms with Crippen LogP contribution in [0.4, 0.5) is 0 Å². The zero-order valence-corrected chi connectivity index (χ0v) is 10.5. The summed E-state index contributed by atoms with van der Waals surface area (Å²) in [5.74, 6) is 0. The molecule has 0 unspecified atom stereocenters. The van der Waals surface area contributed by atoms with Gasteiger partial charge in [-0.05, 0) is 0 Å². The molecule has 0 saturated carbocycles. The van der Waals surface area contributed by atoms with Crippen molar-refractivity contribution in [1.29, 1.82) is 0 Å². The second kappa shape index (κ2) is 4.75. The van der Waals surface area contributed by atoms with Crippen LogP contribution in [-0.4, -0.2) is 13.2 Å². The van der Waals surface area contributed by atoms with Crippen LogP contribution in [0.1, 0.15) is 1.43 Å². The van der Waals surface area contributed by atoms with Gasteiger partial charge in [-0.3, -0.25) is 4.98 Å². The molecule has 1 rings (SSSR count). The Labute approximate surface area is 119 Å². The van der Waals surface area contributed by atoms with Crippen molar-refractivity contribution in [1.82, 2.24) is 13.2 Å². The summed E-state index contributed by atoms with van der Waals surface area (Å²) in [7, 11) is 0. The van der Waals surface area contributed by atoms with Crippen LogP contribution in [0.5, 0.6) is 0 Å². The SMILES string of the molecule is O=c1[nH]c(=O)n(Cl)c(=O)n1Cl.[H-].[K+]. The van der Waals surface area contributed by atoms with E-state index in [1.165, 1.54) is 0 Å². The quantitative estimate of drug-likeness (QED) is 0.466. The summed E-state index contributed by atoms with van der Waals surface area (Å²) in [6, 6.07) is 0. The van der Waals surface area contributed by atoms with Crippen molar-refractivity contribution in [2.75, 3.05) is 0 Å². The van der Waals surface area contributed by atoms with Crippen molar-refractivity contribution < 1.29 is 52.8 Å². The Balaban J connectivity index is 0. The molecule has 0 fully saturated rings. The Morgan fingerprint density at radius 1 is 1.08 bits per heavy atom. The number of hydrogen-bond acceptors (Lipinski definition) is 3. The average Bonchev–Trinajstić information content (AvgIpc) is 1.97. The molecule has 1 aromatic heterocycles. The van der Waals surface area contributed by atoms with Crippen molar-refractivity contribution in [3.8, 4) is 0 Å². The third kappa shape index (κ3) is 2.31. The van der Waals surface area contributed by atoms with E-state index in [9.17, 15) is 14.4 Å². The molecule has 6 nitrogen and oxygen atoms in total. The molecule has 0 radical (unpaired) electrons. The second-order valence-corrected chi connectivity index (χ2v) is 2.26. The van der Waals surface area contributed by atoms with E-state index in [-0.39, 0.29) is 61.0 Å². The molecular weight excluding hydrogens is 236 g/mol. The first-order valence-electron chi connectivity index (χ1n) is 2.34. The zero-order chi connectivity index (χ0) is 8.59. The van der Waals surface area contributed by atoms with E-state index < -0.39 is 17.1 Å². The van der Waals surface area contributed by atoms with Gasteiger partial charge in [-0.25, -0.2) is 14.4 Å². The van der Waals surface area contributed by atoms with Crippen LogP contribution in [0, 0.1) is 0 Å². The molecule has 0 aliphatic rings. The molecular formula is C3H2Cl2KN3O3. The van der Waals surface area contributed by atoms with Gasteiger partial charge in [-0.15, -0.1) is 8.17 Å². The van der Waals surface area contributed by atoms with Crippen molar-refractivity contribution in [3.05, 3.63) is 31.5 Å². The smallest absolute Gasteiger partial charge is 1.00 e. The molecule has 0 aliphatic carbocycles. The Bertz CT molecular complexity index is 413. The van der Waals surface area contributed by atoms with Crippen molar-refractivity contribution in [2.24, 2.45) is 0 Å². The maximum Gasteiger partial charge on any atom is 1.00 e. The summed E-state index contributed by atoms with van der Waals surface area (Å²) >= 11 is 10.1. The van der Waals surface area contributed by atoms with Gasteiger partial charge in [0.05, 0.1) is 0 Å². The number of hydrogen-bond donors (Lipinski definition) is 1. The summed E-state index contributed by atoms with van der Waals surface area (Å²) in [4.78, 5) is 33.4. The fourth-order valence-electron chi connectivity index (χ4n) is 0.440. The van der Waals surface area contributed by atoms with Gasteiger partial charge in [-0.1, -0.05) is 0 Å². The van der Waals surface area contributed by atoms with E-state index in [2.05, 4.69) is 0 Å². The number of nitrogens with zero attached hydrogens (tertiary/aromatic N) is 2. The van der Waals surface area contributed by atoms with Gasteiger partial charge < -0.3 is 1.43 Å². The summed E-state index contributed by atoms with van der Waals surface area (Å²) in [6.07, 6.45) is 0. The zero-order valence-electron chi connectivity index (χ0n) is 6.88. The molecule has 0 atom stereocenters. The number of halogens is 2. The minimum atomic E-state index is -1.10. The van der Waals surface area contributed by atoms with E-state index in [1.54, 1.807) is 4.98 Å². The molecule has 0 bridgehead atoms. The number of nitrogens with one attached hydrogen (secondary N) is 1. The standard InChI is InChI=1S/C3HCl2N3O3.K.H/c4-7-1(9)6-2(10)8(5)3(7)11;;/h(H,6,9,10);;/q;+1;-1. The van der Waals surface area contributed by atoms with E-state index in [0.717, 1.165) is 0 Å². The molecule has 0 amide bonds. The predicted molar refractivity (Wildman–Crippen MR) is 39.2 cm³/mol. The van der Waals surface area contributed by atoms with Crippen molar-refractivity contribution in [2.45, 2.75) is 0 Å². The largest absolute Gasteiger partial charge is 1.00 e. The van der Waals surface area contributed by atoms with Gasteiger partial charge in [0.2, 0.25) is 0 Å². The molecule has 0 aromatic carbocycles. The van der Waals surface area contributed by atoms with Gasteiger partial charge in [0.25, 0.3) is 0 Å². The van der Waals surface area contributed by atoms with Crippen LogP contribution in [0.2, 0.25) is 0 Å². The first kappa shape index (κ1) is 12.6. The van der Waals surface area contributed by atoms with Gasteiger partial charge in [0.15, 0.2) is 0 Å². The predicted octanol–water partition coefficient (Wildman–Crippen LogP) is -4.18. The molecule has 0 spiro atoms. The third-order valence-electron chi connectivity index (χ3n) is 0.906. The van der Waals surface area contributed by atoms with Crippen LogP contribution >= 0.6 is 23.6 Å². The number of rotatable bonds is 0. The Hall–Kier alpha value is 0.626. The molecule has 0 aliphatic heterocycles. The fraction of sp³-hybridized carbons (Fsp3) is 0. The van der Waals surface area contributed by atoms with Crippen LogP contribution in [0.3, 0.4) is 0 Å². The molecule has 1 heterocycles. The summed E-state index contributed by atoms with van der Waals surface area (Å²) < 4.78 is 0.322. The van der Waals surface area contributed by atoms with E-state index in [1.807, 2.05) is 0 Å². The monoisotopic (exact) mass is 237 g/mol. The van der Waals surface area contributed by atoms with Crippen LogP contribution < -0.4 is 68.5 Å². The summed E-state index contributed by atoms with van der Waals surface area (Å²) in [6.45, 7) is 0.